The van der Waals surface area contributed by atoms with Gasteiger partial charge in [-0.25, -0.2) is 18.4 Å². The second kappa shape index (κ2) is 12.5. The van der Waals surface area contributed by atoms with Crippen LogP contribution in [-0.2, 0) is 19.1 Å². The van der Waals surface area contributed by atoms with Crippen molar-refractivity contribution >= 4 is 41.6 Å². The van der Waals surface area contributed by atoms with Crippen molar-refractivity contribution in [2.45, 2.75) is 19.4 Å². The van der Waals surface area contributed by atoms with E-state index in [1.165, 1.54) is 9.80 Å². The van der Waals surface area contributed by atoms with Crippen LogP contribution in [0, 0.1) is 11.6 Å². The predicted octanol–water partition coefficient (Wildman–Crippen LogP) is 1.20. The third-order valence-corrected chi connectivity index (χ3v) is 6.41. The molecule has 2 fully saturated rings. The fourth-order valence-electron chi connectivity index (χ4n) is 4.42. The van der Waals surface area contributed by atoms with Crippen molar-refractivity contribution in [1.82, 2.24) is 15.5 Å². The number of dihydropyridines is 1. The summed E-state index contributed by atoms with van der Waals surface area (Å²) < 4.78 is 40.2. The maximum absolute atomic E-state index is 15.1. The minimum atomic E-state index is -0.865. The summed E-state index contributed by atoms with van der Waals surface area (Å²) in [6, 6.07) is 2.09. The van der Waals surface area contributed by atoms with Crippen LogP contribution < -0.4 is 20.4 Å². The maximum Gasteiger partial charge on any atom is 0.414 e. The summed E-state index contributed by atoms with van der Waals surface area (Å²) in [5, 5.41) is 5.04. The Kier molecular flexibility index (Phi) is 8.94. The zero-order chi connectivity index (χ0) is 27.9. The third-order valence-electron chi connectivity index (χ3n) is 6.41. The van der Waals surface area contributed by atoms with Crippen molar-refractivity contribution in [3.8, 4) is 0 Å². The number of nitrogens with zero attached hydrogens (tertiary/aromatic N) is 4. The number of aliphatic imine (C=N–C) groups is 1. The molecule has 1 atom stereocenters. The van der Waals surface area contributed by atoms with Gasteiger partial charge in [0.05, 0.1) is 25.3 Å². The van der Waals surface area contributed by atoms with Crippen LogP contribution in [0.5, 0.6) is 0 Å². The molecule has 0 radical (unpaired) electrons. The second-order valence-electron chi connectivity index (χ2n) is 9.04. The van der Waals surface area contributed by atoms with Crippen molar-refractivity contribution in [3.63, 3.8) is 0 Å². The van der Waals surface area contributed by atoms with E-state index in [-0.39, 0.29) is 75.6 Å². The summed E-state index contributed by atoms with van der Waals surface area (Å²) in [6.45, 7) is 2.74. The first-order chi connectivity index (χ1) is 18.8. The molecule has 3 aliphatic heterocycles. The van der Waals surface area contributed by atoms with Crippen LogP contribution in [0.3, 0.4) is 0 Å². The molecular formula is C25H30F2N6O6. The Labute approximate surface area is 223 Å². The van der Waals surface area contributed by atoms with Gasteiger partial charge in [-0.3, -0.25) is 19.5 Å². The first-order valence-corrected chi connectivity index (χ1v) is 12.6. The molecule has 0 aromatic heterocycles. The summed E-state index contributed by atoms with van der Waals surface area (Å²) in [5.41, 5.74) is 0.227. The van der Waals surface area contributed by atoms with Crippen molar-refractivity contribution in [3.05, 3.63) is 35.4 Å². The SMILES string of the molecule is CCNC(=O)OCC1CN(c2cc(F)c(N3CCN(C(=O)CNC(=O)C4=CCC=NC4)CC3)c(F)c2)C(=O)O1. The molecule has 0 aliphatic carbocycles. The smallest absolute Gasteiger partial charge is 0.414 e. The van der Waals surface area contributed by atoms with E-state index in [4.69, 9.17) is 9.47 Å². The van der Waals surface area contributed by atoms with Crippen molar-refractivity contribution in [2.75, 3.05) is 68.8 Å². The lowest BCUT2D eigenvalue weighted by atomic mass is 10.1. The van der Waals surface area contributed by atoms with Gasteiger partial charge in [0.25, 0.3) is 0 Å². The van der Waals surface area contributed by atoms with E-state index >= 15 is 8.78 Å². The number of benzene rings is 1. The quantitative estimate of drug-likeness (QED) is 0.499. The van der Waals surface area contributed by atoms with Crippen molar-refractivity contribution in [2.24, 2.45) is 4.99 Å². The van der Waals surface area contributed by atoms with E-state index in [9.17, 15) is 19.2 Å². The molecule has 0 bridgehead atoms. The molecule has 3 aliphatic rings. The largest absolute Gasteiger partial charge is 0.446 e. The van der Waals surface area contributed by atoms with Crippen LogP contribution >= 0.6 is 0 Å². The average Bonchev–Trinajstić information content (AvgIpc) is 3.31. The summed E-state index contributed by atoms with van der Waals surface area (Å²) in [7, 11) is 0. The minimum absolute atomic E-state index is 0.0254. The summed E-state index contributed by atoms with van der Waals surface area (Å²) in [5.74, 6) is -2.37. The lowest BCUT2D eigenvalue weighted by molar-refractivity contribution is -0.132. The van der Waals surface area contributed by atoms with Gasteiger partial charge < -0.3 is 29.9 Å². The van der Waals surface area contributed by atoms with Crippen LogP contribution in [0.2, 0.25) is 0 Å². The van der Waals surface area contributed by atoms with Crippen molar-refractivity contribution < 1.29 is 37.4 Å². The molecule has 210 valence electrons. The van der Waals surface area contributed by atoms with Gasteiger partial charge in [0, 0.05) is 63.1 Å². The Hall–Kier alpha value is -4.23. The molecule has 4 amide bonds. The molecule has 2 saturated heterocycles. The summed E-state index contributed by atoms with van der Waals surface area (Å²) in [6.07, 6.45) is 1.79. The lowest BCUT2D eigenvalue weighted by Gasteiger charge is -2.36. The lowest BCUT2D eigenvalue weighted by Crippen LogP contribution is -2.51. The molecule has 1 aromatic rings. The Morgan fingerprint density at radius 1 is 1.13 bits per heavy atom. The van der Waals surface area contributed by atoms with Gasteiger partial charge in [-0.1, -0.05) is 6.08 Å². The molecule has 39 heavy (non-hydrogen) atoms. The van der Waals surface area contributed by atoms with Gasteiger partial charge in [-0.15, -0.1) is 0 Å². The first kappa shape index (κ1) is 27.8. The average molecular weight is 549 g/mol. The number of ether oxygens (including phenoxy) is 2. The number of piperazine rings is 1. The normalized spacial score (nSPS) is 18.9. The molecule has 14 heteroatoms. The van der Waals surface area contributed by atoms with E-state index in [0.29, 0.717) is 18.5 Å². The number of halogens is 2. The van der Waals surface area contributed by atoms with Gasteiger partial charge in [0.2, 0.25) is 11.8 Å². The molecule has 3 heterocycles. The Balaban J connectivity index is 1.30. The fraction of sp³-hybridized carbons (Fsp3) is 0.480. The number of hydrogen-bond acceptors (Lipinski definition) is 8. The Bertz CT molecular complexity index is 1160. The molecule has 1 unspecified atom stereocenters. The molecule has 4 rings (SSSR count). The Morgan fingerprint density at radius 3 is 2.49 bits per heavy atom. The fourth-order valence-corrected chi connectivity index (χ4v) is 4.42. The van der Waals surface area contributed by atoms with Gasteiger partial charge >= 0.3 is 12.2 Å². The molecule has 12 nitrogen and oxygen atoms in total. The third kappa shape index (κ3) is 6.81. The minimum Gasteiger partial charge on any atom is -0.446 e. The summed E-state index contributed by atoms with van der Waals surface area (Å²) >= 11 is 0. The molecule has 1 aromatic carbocycles. The van der Waals surface area contributed by atoms with Gasteiger partial charge in [-0.05, 0) is 6.92 Å². The van der Waals surface area contributed by atoms with E-state index in [0.717, 1.165) is 17.0 Å². The highest BCUT2D eigenvalue weighted by molar-refractivity contribution is 5.97. The van der Waals surface area contributed by atoms with Gasteiger partial charge in [0.1, 0.15) is 12.3 Å². The zero-order valence-corrected chi connectivity index (χ0v) is 21.5. The number of rotatable bonds is 8. The molecular weight excluding hydrogens is 518 g/mol. The van der Waals surface area contributed by atoms with E-state index in [1.807, 2.05) is 0 Å². The van der Waals surface area contributed by atoms with Crippen LogP contribution in [0.4, 0.5) is 29.7 Å². The van der Waals surface area contributed by atoms with Crippen molar-refractivity contribution in [1.29, 1.82) is 0 Å². The standard InChI is InChI=1S/C25H30F2N6O6/c1-2-29-24(36)38-15-18-14-33(25(37)39-18)17-10-19(26)22(20(27)11-17)32-8-6-31(7-9-32)21(34)13-30-23(35)16-4-3-5-28-12-16/h4-5,10-11,18H,2-3,6-9,12-15H2,1H3,(H,29,36)(H,30,35). The molecule has 0 saturated carbocycles. The highest BCUT2D eigenvalue weighted by Crippen LogP contribution is 2.31. The molecule has 2 N–H and O–H groups in total. The van der Waals surface area contributed by atoms with E-state index < -0.39 is 29.9 Å². The van der Waals surface area contributed by atoms with Crippen LogP contribution in [-0.4, -0.2) is 100 Å². The number of alkyl carbamates (subject to hydrolysis) is 1. The van der Waals surface area contributed by atoms with Gasteiger partial charge in [0.15, 0.2) is 17.7 Å². The van der Waals surface area contributed by atoms with Gasteiger partial charge in [-0.2, -0.15) is 0 Å². The topological polar surface area (TPSA) is 133 Å². The number of anilines is 2. The Morgan fingerprint density at radius 2 is 1.85 bits per heavy atom. The zero-order valence-electron chi connectivity index (χ0n) is 21.5. The highest BCUT2D eigenvalue weighted by atomic mass is 19.1. The number of carbonyl (C=O) groups is 4. The highest BCUT2D eigenvalue weighted by Gasteiger charge is 2.35. The number of hydrogen-bond donors (Lipinski definition) is 2. The van der Waals surface area contributed by atoms with Crippen LogP contribution in [0.1, 0.15) is 13.3 Å². The number of carbonyl (C=O) groups excluding carboxylic acids is 4. The van der Waals surface area contributed by atoms with Crippen LogP contribution in [0.25, 0.3) is 0 Å². The maximum atomic E-state index is 15.1. The molecule has 0 spiro atoms. The number of amides is 4. The number of cyclic esters (lactones) is 1. The summed E-state index contributed by atoms with van der Waals surface area (Å²) in [4.78, 5) is 56.6. The monoisotopic (exact) mass is 548 g/mol. The second-order valence-corrected chi connectivity index (χ2v) is 9.04. The number of allylic oxidation sites excluding steroid dienone is 1. The number of nitrogens with one attached hydrogen (secondary N) is 2. The predicted molar refractivity (Wildman–Crippen MR) is 137 cm³/mol. The van der Waals surface area contributed by atoms with Crippen LogP contribution in [0.15, 0.2) is 28.8 Å². The first-order valence-electron chi connectivity index (χ1n) is 12.6. The van der Waals surface area contributed by atoms with E-state index in [1.54, 1.807) is 19.2 Å². The van der Waals surface area contributed by atoms with E-state index in [2.05, 4.69) is 15.6 Å².